The quantitative estimate of drug-likeness (QED) is 0.574. The van der Waals surface area contributed by atoms with E-state index in [2.05, 4.69) is 32.5 Å². The van der Waals surface area contributed by atoms with Gasteiger partial charge in [-0.1, -0.05) is 28.5 Å². The molecular formula is C17H15N5O2. The normalized spacial score (nSPS) is 11.1. The van der Waals surface area contributed by atoms with Gasteiger partial charge in [0.05, 0.1) is 12.2 Å². The van der Waals surface area contributed by atoms with E-state index in [1.807, 2.05) is 36.7 Å². The van der Waals surface area contributed by atoms with Gasteiger partial charge in [-0.3, -0.25) is 4.68 Å². The molecule has 0 aliphatic carbocycles. The zero-order chi connectivity index (χ0) is 16.5. The van der Waals surface area contributed by atoms with Crippen molar-refractivity contribution in [1.29, 1.82) is 0 Å². The van der Waals surface area contributed by atoms with Crippen LogP contribution in [0.2, 0.25) is 0 Å². The monoisotopic (exact) mass is 321 g/mol. The Balaban J connectivity index is 1.62. The third-order valence-corrected chi connectivity index (χ3v) is 3.70. The van der Waals surface area contributed by atoms with Crippen molar-refractivity contribution in [1.82, 2.24) is 25.1 Å². The van der Waals surface area contributed by atoms with Crippen molar-refractivity contribution in [2.75, 3.05) is 0 Å². The molecule has 0 unspecified atom stereocenters. The van der Waals surface area contributed by atoms with E-state index in [9.17, 15) is 0 Å². The molecular weight excluding hydrogens is 306 g/mol. The second-order valence-electron chi connectivity index (χ2n) is 5.59. The molecule has 0 aliphatic rings. The minimum Gasteiger partial charge on any atom is -0.364 e. The fourth-order valence-electron chi connectivity index (χ4n) is 2.58. The molecule has 0 atom stereocenters. The van der Waals surface area contributed by atoms with E-state index in [0.29, 0.717) is 24.0 Å². The van der Waals surface area contributed by atoms with Crippen LogP contribution in [0.3, 0.4) is 0 Å². The van der Waals surface area contributed by atoms with E-state index in [0.717, 1.165) is 22.5 Å². The van der Waals surface area contributed by atoms with E-state index in [4.69, 9.17) is 9.05 Å². The predicted octanol–water partition coefficient (Wildman–Crippen LogP) is 3.25. The Morgan fingerprint density at radius 3 is 2.75 bits per heavy atom. The van der Waals surface area contributed by atoms with Crippen LogP contribution in [-0.2, 0) is 6.54 Å². The van der Waals surface area contributed by atoms with Crippen LogP contribution in [-0.4, -0.2) is 25.1 Å². The molecule has 3 aromatic heterocycles. The van der Waals surface area contributed by atoms with Gasteiger partial charge in [0.25, 0.3) is 5.89 Å². The Kier molecular flexibility index (Phi) is 3.45. The SMILES string of the molecule is Cc1cc(C)n(Cc2cccc(-c3noc(-c4ccon4)n3)c2)n1. The summed E-state index contributed by atoms with van der Waals surface area (Å²) in [6.45, 7) is 4.74. The lowest BCUT2D eigenvalue weighted by Crippen LogP contribution is -2.04. The first-order chi connectivity index (χ1) is 11.7. The van der Waals surface area contributed by atoms with Crippen molar-refractivity contribution in [2.45, 2.75) is 20.4 Å². The summed E-state index contributed by atoms with van der Waals surface area (Å²) in [4.78, 5) is 4.37. The Hall–Kier alpha value is -3.22. The minimum atomic E-state index is 0.336. The molecule has 4 rings (SSSR count). The van der Waals surface area contributed by atoms with E-state index in [1.54, 1.807) is 6.07 Å². The van der Waals surface area contributed by atoms with Crippen LogP contribution >= 0.6 is 0 Å². The standard InChI is InChI=1S/C17H15N5O2/c1-11-8-12(2)22(19-11)10-13-4-3-5-14(9-13)16-18-17(24-21-16)15-6-7-23-20-15/h3-9H,10H2,1-2H3. The van der Waals surface area contributed by atoms with E-state index < -0.39 is 0 Å². The molecule has 24 heavy (non-hydrogen) atoms. The average Bonchev–Trinajstić information content (AvgIpc) is 3.29. The highest BCUT2D eigenvalue weighted by atomic mass is 16.5. The van der Waals surface area contributed by atoms with Crippen LogP contribution in [0.5, 0.6) is 0 Å². The predicted molar refractivity (Wildman–Crippen MR) is 86.0 cm³/mol. The Labute approximate surface area is 137 Å². The smallest absolute Gasteiger partial charge is 0.280 e. The zero-order valence-electron chi connectivity index (χ0n) is 13.3. The van der Waals surface area contributed by atoms with Crippen molar-refractivity contribution < 1.29 is 9.05 Å². The first-order valence-corrected chi connectivity index (χ1v) is 7.54. The highest BCUT2D eigenvalue weighted by molar-refractivity contribution is 5.58. The molecule has 0 aliphatic heterocycles. The van der Waals surface area contributed by atoms with Gasteiger partial charge in [-0.05, 0) is 31.5 Å². The first kappa shape index (κ1) is 14.4. The molecule has 0 saturated heterocycles. The second kappa shape index (κ2) is 5.77. The van der Waals surface area contributed by atoms with Gasteiger partial charge in [-0.2, -0.15) is 10.1 Å². The molecule has 0 radical (unpaired) electrons. The van der Waals surface area contributed by atoms with E-state index >= 15 is 0 Å². The summed E-state index contributed by atoms with van der Waals surface area (Å²) in [7, 11) is 0. The Morgan fingerprint density at radius 2 is 2.00 bits per heavy atom. The number of aromatic nitrogens is 5. The maximum Gasteiger partial charge on any atom is 0.280 e. The van der Waals surface area contributed by atoms with Crippen LogP contribution < -0.4 is 0 Å². The summed E-state index contributed by atoms with van der Waals surface area (Å²) in [6, 6.07) is 11.8. The van der Waals surface area contributed by atoms with Crippen LogP contribution in [0, 0.1) is 13.8 Å². The van der Waals surface area contributed by atoms with Crippen molar-refractivity contribution in [3.8, 4) is 23.0 Å². The van der Waals surface area contributed by atoms with Crippen LogP contribution in [0.15, 0.2) is 51.7 Å². The number of aryl methyl sites for hydroxylation is 2. The molecule has 0 fully saturated rings. The molecule has 0 amide bonds. The van der Waals surface area contributed by atoms with Gasteiger partial charge in [0.1, 0.15) is 6.26 Å². The topological polar surface area (TPSA) is 82.8 Å². The van der Waals surface area contributed by atoms with Crippen molar-refractivity contribution in [3.05, 3.63) is 59.6 Å². The number of nitrogens with zero attached hydrogens (tertiary/aromatic N) is 5. The summed E-state index contributed by atoms with van der Waals surface area (Å²) in [5.41, 5.74) is 4.66. The zero-order valence-corrected chi connectivity index (χ0v) is 13.3. The van der Waals surface area contributed by atoms with Crippen molar-refractivity contribution in [3.63, 3.8) is 0 Å². The third-order valence-electron chi connectivity index (χ3n) is 3.70. The molecule has 7 heteroatoms. The van der Waals surface area contributed by atoms with Crippen LogP contribution in [0.25, 0.3) is 23.0 Å². The minimum absolute atomic E-state index is 0.336. The molecule has 3 heterocycles. The average molecular weight is 321 g/mol. The van der Waals surface area contributed by atoms with Gasteiger partial charge in [-0.15, -0.1) is 0 Å². The van der Waals surface area contributed by atoms with Crippen LogP contribution in [0.4, 0.5) is 0 Å². The summed E-state index contributed by atoms with van der Waals surface area (Å²) in [5.74, 6) is 0.853. The molecule has 0 spiro atoms. The number of hydrogen-bond acceptors (Lipinski definition) is 6. The van der Waals surface area contributed by atoms with E-state index in [-0.39, 0.29) is 0 Å². The molecule has 0 N–H and O–H groups in total. The molecule has 1 aromatic carbocycles. The summed E-state index contributed by atoms with van der Waals surface area (Å²) >= 11 is 0. The molecule has 7 nitrogen and oxygen atoms in total. The van der Waals surface area contributed by atoms with Crippen molar-refractivity contribution >= 4 is 0 Å². The first-order valence-electron chi connectivity index (χ1n) is 7.54. The Morgan fingerprint density at radius 1 is 1.08 bits per heavy atom. The van der Waals surface area contributed by atoms with Crippen molar-refractivity contribution in [2.24, 2.45) is 0 Å². The van der Waals surface area contributed by atoms with Gasteiger partial charge in [-0.25, -0.2) is 0 Å². The van der Waals surface area contributed by atoms with Gasteiger partial charge in [0.15, 0.2) is 5.69 Å². The number of hydrogen-bond donors (Lipinski definition) is 0. The molecule has 0 bridgehead atoms. The fourth-order valence-corrected chi connectivity index (χ4v) is 2.58. The lowest BCUT2D eigenvalue weighted by molar-refractivity contribution is 0.405. The van der Waals surface area contributed by atoms with Gasteiger partial charge < -0.3 is 9.05 Å². The lowest BCUT2D eigenvalue weighted by Gasteiger charge is -2.05. The maximum absolute atomic E-state index is 5.24. The second-order valence-corrected chi connectivity index (χ2v) is 5.59. The molecule has 0 saturated carbocycles. The summed E-state index contributed by atoms with van der Waals surface area (Å²) < 4.78 is 12.0. The summed E-state index contributed by atoms with van der Waals surface area (Å²) in [6.07, 6.45) is 1.47. The number of benzene rings is 1. The summed E-state index contributed by atoms with van der Waals surface area (Å²) in [5, 5.41) is 12.3. The maximum atomic E-state index is 5.24. The van der Waals surface area contributed by atoms with Gasteiger partial charge >= 0.3 is 0 Å². The van der Waals surface area contributed by atoms with Gasteiger partial charge in [0, 0.05) is 17.3 Å². The van der Waals surface area contributed by atoms with Crippen LogP contribution in [0.1, 0.15) is 17.0 Å². The number of rotatable bonds is 4. The third kappa shape index (κ3) is 2.71. The molecule has 120 valence electrons. The lowest BCUT2D eigenvalue weighted by atomic mass is 10.1. The fraction of sp³-hybridized carbons (Fsp3) is 0.176. The Bertz CT molecular complexity index is 969. The van der Waals surface area contributed by atoms with Gasteiger partial charge in [0.2, 0.25) is 5.82 Å². The van der Waals surface area contributed by atoms with E-state index in [1.165, 1.54) is 6.26 Å². The largest absolute Gasteiger partial charge is 0.364 e. The molecule has 4 aromatic rings. The highest BCUT2D eigenvalue weighted by Gasteiger charge is 2.13. The highest BCUT2D eigenvalue weighted by Crippen LogP contribution is 2.22.